The number of rotatable bonds is 6. The lowest BCUT2D eigenvalue weighted by Gasteiger charge is -2.28. The summed E-state index contributed by atoms with van der Waals surface area (Å²) in [7, 11) is 1.61. The average molecular weight is 460 g/mol. The highest BCUT2D eigenvalue weighted by Crippen LogP contribution is 2.29. The zero-order chi connectivity index (χ0) is 24.3. The Kier molecular flexibility index (Phi) is 6.59. The first-order valence-electron chi connectivity index (χ1n) is 11.3. The van der Waals surface area contributed by atoms with Gasteiger partial charge in [0.1, 0.15) is 29.8 Å². The SMILES string of the molecule is COc1ccc(C[C@H]2C(OCc3cccc4ccccc34)=CC(=O)N2C(=O)OC(C)(C)C)cc1. The molecule has 0 saturated carbocycles. The average Bonchev–Trinajstić information content (AvgIpc) is 3.11. The summed E-state index contributed by atoms with van der Waals surface area (Å²) in [5.74, 6) is 0.735. The molecule has 0 saturated heterocycles. The number of fused-ring (bicyclic) bond motifs is 1. The lowest BCUT2D eigenvalue weighted by atomic mass is 10.0. The summed E-state index contributed by atoms with van der Waals surface area (Å²) in [6.07, 6.45) is 1.11. The summed E-state index contributed by atoms with van der Waals surface area (Å²) in [5.41, 5.74) is 1.22. The molecule has 0 radical (unpaired) electrons. The van der Waals surface area contributed by atoms with Gasteiger partial charge in [0.15, 0.2) is 0 Å². The molecule has 1 atom stereocenters. The van der Waals surface area contributed by atoms with E-state index in [-0.39, 0.29) is 6.61 Å². The van der Waals surface area contributed by atoms with Gasteiger partial charge in [-0.3, -0.25) is 4.79 Å². The monoisotopic (exact) mass is 459 g/mol. The van der Waals surface area contributed by atoms with Gasteiger partial charge in [-0.05, 0) is 54.8 Å². The highest BCUT2D eigenvalue weighted by atomic mass is 16.6. The summed E-state index contributed by atoms with van der Waals surface area (Å²) >= 11 is 0. The molecule has 1 aliphatic rings. The molecule has 1 heterocycles. The Bertz CT molecular complexity index is 1220. The lowest BCUT2D eigenvalue weighted by Crippen LogP contribution is -2.44. The lowest BCUT2D eigenvalue weighted by molar-refractivity contribution is -0.125. The maximum absolute atomic E-state index is 12.9. The fraction of sp³-hybridized carbons (Fsp3) is 0.286. The van der Waals surface area contributed by atoms with Gasteiger partial charge in [0.25, 0.3) is 5.91 Å². The van der Waals surface area contributed by atoms with Crippen molar-refractivity contribution in [1.29, 1.82) is 0 Å². The van der Waals surface area contributed by atoms with Crippen LogP contribution in [0.15, 0.2) is 78.6 Å². The van der Waals surface area contributed by atoms with Crippen molar-refractivity contribution in [3.05, 3.63) is 89.7 Å². The zero-order valence-corrected chi connectivity index (χ0v) is 19.9. The minimum atomic E-state index is -0.728. The molecule has 4 rings (SSSR count). The Balaban J connectivity index is 1.59. The first kappa shape index (κ1) is 23.4. The number of nitrogens with zero attached hydrogens (tertiary/aromatic N) is 1. The van der Waals surface area contributed by atoms with Crippen molar-refractivity contribution in [2.45, 2.75) is 45.4 Å². The quantitative estimate of drug-likeness (QED) is 0.477. The highest BCUT2D eigenvalue weighted by molar-refractivity contribution is 6.02. The smallest absolute Gasteiger partial charge is 0.418 e. The minimum absolute atomic E-state index is 0.280. The molecule has 0 fully saturated rings. The first-order chi connectivity index (χ1) is 16.2. The summed E-state index contributed by atoms with van der Waals surface area (Å²) in [4.78, 5) is 27.0. The van der Waals surface area contributed by atoms with Crippen LogP contribution in [-0.4, -0.2) is 35.7 Å². The summed E-state index contributed by atoms with van der Waals surface area (Å²) < 4.78 is 16.9. The van der Waals surface area contributed by atoms with E-state index in [9.17, 15) is 9.59 Å². The van der Waals surface area contributed by atoms with Gasteiger partial charge >= 0.3 is 6.09 Å². The van der Waals surface area contributed by atoms with E-state index in [1.165, 1.54) is 6.08 Å². The standard InChI is InChI=1S/C28H29NO5/c1-28(2,3)34-27(31)29-24(16-19-12-14-22(32-4)15-13-19)25(17-26(29)30)33-18-21-10-7-9-20-8-5-6-11-23(20)21/h5-15,17,24H,16,18H2,1-4H3/t24-/m0/s1. The van der Waals surface area contributed by atoms with E-state index in [4.69, 9.17) is 14.2 Å². The number of carbonyl (C=O) groups excluding carboxylic acids is 2. The number of hydrogen-bond donors (Lipinski definition) is 0. The second kappa shape index (κ2) is 9.59. The Hall–Kier alpha value is -3.80. The van der Waals surface area contributed by atoms with E-state index in [1.54, 1.807) is 27.9 Å². The minimum Gasteiger partial charge on any atom is -0.497 e. The van der Waals surface area contributed by atoms with Gasteiger partial charge in [0.2, 0.25) is 0 Å². The van der Waals surface area contributed by atoms with Crippen molar-refractivity contribution in [3.63, 3.8) is 0 Å². The Labute approximate surface area is 199 Å². The molecular weight excluding hydrogens is 430 g/mol. The van der Waals surface area contributed by atoms with Crippen LogP contribution in [0.2, 0.25) is 0 Å². The molecule has 1 aliphatic heterocycles. The third-order valence-electron chi connectivity index (χ3n) is 5.60. The molecule has 0 unspecified atom stereocenters. The van der Waals surface area contributed by atoms with Gasteiger partial charge in [-0.2, -0.15) is 0 Å². The van der Waals surface area contributed by atoms with Gasteiger partial charge in [-0.25, -0.2) is 9.69 Å². The topological polar surface area (TPSA) is 65.1 Å². The van der Waals surface area contributed by atoms with Crippen molar-refractivity contribution in [2.75, 3.05) is 7.11 Å². The van der Waals surface area contributed by atoms with Crippen LogP contribution in [0.4, 0.5) is 4.79 Å². The van der Waals surface area contributed by atoms with Gasteiger partial charge in [0, 0.05) is 12.5 Å². The van der Waals surface area contributed by atoms with E-state index >= 15 is 0 Å². The number of methoxy groups -OCH3 is 1. The van der Waals surface area contributed by atoms with Crippen LogP contribution >= 0.6 is 0 Å². The van der Waals surface area contributed by atoms with Crippen LogP contribution in [0.25, 0.3) is 10.8 Å². The summed E-state index contributed by atoms with van der Waals surface area (Å²) in [5, 5.41) is 2.20. The van der Waals surface area contributed by atoms with Crippen LogP contribution in [0, 0.1) is 0 Å². The fourth-order valence-corrected chi connectivity index (χ4v) is 3.99. The van der Waals surface area contributed by atoms with Crippen molar-refractivity contribution in [3.8, 4) is 5.75 Å². The fourth-order valence-electron chi connectivity index (χ4n) is 3.99. The van der Waals surface area contributed by atoms with E-state index in [0.29, 0.717) is 12.2 Å². The molecule has 6 heteroatoms. The van der Waals surface area contributed by atoms with Crippen LogP contribution < -0.4 is 4.74 Å². The largest absolute Gasteiger partial charge is 0.497 e. The molecule has 0 N–H and O–H groups in total. The van der Waals surface area contributed by atoms with Crippen molar-refractivity contribution < 1.29 is 23.8 Å². The van der Waals surface area contributed by atoms with Crippen LogP contribution in [0.1, 0.15) is 31.9 Å². The molecule has 3 aromatic carbocycles. The molecule has 34 heavy (non-hydrogen) atoms. The van der Waals surface area contributed by atoms with Gasteiger partial charge in [-0.15, -0.1) is 0 Å². The summed E-state index contributed by atoms with van der Waals surface area (Å²) in [6, 6.07) is 21.0. The highest BCUT2D eigenvalue weighted by Gasteiger charge is 2.41. The number of hydrogen-bond acceptors (Lipinski definition) is 5. The molecule has 3 aromatic rings. The third kappa shape index (κ3) is 5.22. The Morgan fingerprint density at radius 3 is 2.38 bits per heavy atom. The second-order valence-electron chi connectivity index (χ2n) is 9.23. The number of ether oxygens (including phenoxy) is 3. The molecule has 0 aromatic heterocycles. The second-order valence-corrected chi connectivity index (χ2v) is 9.23. The maximum Gasteiger partial charge on any atom is 0.418 e. The zero-order valence-electron chi connectivity index (χ0n) is 19.9. The van der Waals surface area contributed by atoms with Gasteiger partial charge in [0.05, 0.1) is 7.11 Å². The van der Waals surface area contributed by atoms with Crippen LogP contribution in [0.3, 0.4) is 0 Å². The predicted molar refractivity (Wildman–Crippen MR) is 130 cm³/mol. The maximum atomic E-state index is 12.9. The molecule has 176 valence electrons. The van der Waals surface area contributed by atoms with Gasteiger partial charge in [-0.1, -0.05) is 54.6 Å². The van der Waals surface area contributed by atoms with Gasteiger partial charge < -0.3 is 14.2 Å². The molecule has 0 aliphatic carbocycles. The van der Waals surface area contributed by atoms with Crippen molar-refractivity contribution in [2.24, 2.45) is 0 Å². The Morgan fingerprint density at radius 2 is 1.68 bits per heavy atom. The normalized spacial score (nSPS) is 15.9. The number of benzene rings is 3. The van der Waals surface area contributed by atoms with E-state index < -0.39 is 23.6 Å². The molecular formula is C28H29NO5. The van der Waals surface area contributed by atoms with Crippen LogP contribution in [0.5, 0.6) is 5.75 Å². The molecule has 2 amide bonds. The van der Waals surface area contributed by atoms with Crippen LogP contribution in [-0.2, 0) is 27.3 Å². The molecule has 0 spiro atoms. The van der Waals surface area contributed by atoms with E-state index in [0.717, 1.165) is 32.5 Å². The van der Waals surface area contributed by atoms with Crippen molar-refractivity contribution in [1.82, 2.24) is 4.90 Å². The molecule has 0 bridgehead atoms. The predicted octanol–water partition coefficient (Wildman–Crippen LogP) is 5.64. The Morgan fingerprint density at radius 1 is 0.971 bits per heavy atom. The first-order valence-corrected chi connectivity index (χ1v) is 11.3. The van der Waals surface area contributed by atoms with E-state index in [2.05, 4.69) is 0 Å². The van der Waals surface area contributed by atoms with E-state index in [1.807, 2.05) is 66.7 Å². The molecule has 6 nitrogen and oxygen atoms in total. The van der Waals surface area contributed by atoms with Crippen molar-refractivity contribution >= 4 is 22.8 Å². The number of carbonyl (C=O) groups is 2. The number of imide groups is 1. The third-order valence-corrected chi connectivity index (χ3v) is 5.60. The number of amides is 2. The summed E-state index contributed by atoms with van der Waals surface area (Å²) in [6.45, 7) is 5.60.